The fourth-order valence-electron chi connectivity index (χ4n) is 1.52. The minimum atomic E-state index is -0.122. The summed E-state index contributed by atoms with van der Waals surface area (Å²) in [6.07, 6.45) is 1.60. The Morgan fingerprint density at radius 3 is 2.95 bits per heavy atom. The van der Waals surface area contributed by atoms with Gasteiger partial charge < -0.3 is 15.6 Å². The summed E-state index contributed by atoms with van der Waals surface area (Å²) in [7, 11) is 1.83. The molecular weight excluding hydrogens is 262 g/mol. The van der Waals surface area contributed by atoms with Crippen molar-refractivity contribution in [3.05, 3.63) is 30.1 Å². The Hall–Kier alpha value is -2.02. The van der Waals surface area contributed by atoms with Crippen LogP contribution in [-0.2, 0) is 11.8 Å². The molecule has 1 aromatic carbocycles. The number of amides is 1. The molecule has 19 heavy (non-hydrogen) atoms. The lowest BCUT2D eigenvalue weighted by atomic mass is 10.2. The predicted molar refractivity (Wildman–Crippen MR) is 75.9 cm³/mol. The molecule has 3 N–H and O–H groups in total. The Labute approximate surface area is 115 Å². The maximum atomic E-state index is 11.8. The fourth-order valence-corrected chi connectivity index (χ4v) is 2.20. The number of aryl methyl sites for hydroxylation is 2. The second-order valence-corrected chi connectivity index (χ2v) is 5.09. The van der Waals surface area contributed by atoms with E-state index in [4.69, 9.17) is 5.73 Å². The molecule has 6 nitrogen and oxygen atoms in total. The molecular formula is C12H15N5OS. The van der Waals surface area contributed by atoms with Crippen LogP contribution in [0.3, 0.4) is 0 Å². The molecule has 0 aliphatic rings. The molecule has 2 aromatic rings. The monoisotopic (exact) mass is 277 g/mol. The van der Waals surface area contributed by atoms with Gasteiger partial charge in [-0.05, 0) is 24.6 Å². The predicted octanol–water partition coefficient (Wildman–Crippen LogP) is 1.44. The Kier molecular flexibility index (Phi) is 4.06. The third-order valence-electron chi connectivity index (χ3n) is 2.48. The third kappa shape index (κ3) is 3.47. The van der Waals surface area contributed by atoms with E-state index >= 15 is 0 Å². The van der Waals surface area contributed by atoms with Gasteiger partial charge in [-0.3, -0.25) is 4.79 Å². The summed E-state index contributed by atoms with van der Waals surface area (Å²) < 4.78 is 1.76. The average molecular weight is 277 g/mol. The van der Waals surface area contributed by atoms with Crippen molar-refractivity contribution in [2.75, 3.05) is 16.8 Å². The number of benzene rings is 1. The molecule has 0 saturated carbocycles. The number of carbonyl (C=O) groups is 1. The number of aromatic nitrogens is 3. The Balaban J connectivity index is 1.93. The highest BCUT2D eigenvalue weighted by molar-refractivity contribution is 7.99. The zero-order chi connectivity index (χ0) is 13.8. The highest BCUT2D eigenvalue weighted by Crippen LogP contribution is 2.20. The fraction of sp³-hybridized carbons (Fsp3) is 0.250. The summed E-state index contributed by atoms with van der Waals surface area (Å²) in [6, 6.07) is 5.53. The van der Waals surface area contributed by atoms with E-state index < -0.39 is 0 Å². The summed E-state index contributed by atoms with van der Waals surface area (Å²) >= 11 is 1.33. The zero-order valence-corrected chi connectivity index (χ0v) is 11.6. The number of thioether (sulfide) groups is 1. The molecule has 0 atom stereocenters. The minimum absolute atomic E-state index is 0.122. The number of nitrogens with two attached hydrogens (primary N) is 1. The van der Waals surface area contributed by atoms with E-state index in [9.17, 15) is 4.79 Å². The van der Waals surface area contributed by atoms with Gasteiger partial charge in [0.15, 0.2) is 5.16 Å². The molecule has 100 valence electrons. The summed E-state index contributed by atoms with van der Waals surface area (Å²) in [5.41, 5.74) is 8.10. The molecule has 0 spiro atoms. The lowest BCUT2D eigenvalue weighted by molar-refractivity contribution is -0.113. The van der Waals surface area contributed by atoms with Gasteiger partial charge in [-0.1, -0.05) is 17.8 Å². The molecule has 1 heterocycles. The maximum absolute atomic E-state index is 11.8. The van der Waals surface area contributed by atoms with Crippen LogP contribution in [0.5, 0.6) is 0 Å². The number of hydrogen-bond donors (Lipinski definition) is 2. The molecule has 2 rings (SSSR count). The highest BCUT2D eigenvalue weighted by atomic mass is 32.2. The van der Waals surface area contributed by atoms with Gasteiger partial charge in [0, 0.05) is 7.05 Å². The van der Waals surface area contributed by atoms with E-state index in [1.807, 2.05) is 26.1 Å². The van der Waals surface area contributed by atoms with E-state index in [1.165, 1.54) is 11.8 Å². The van der Waals surface area contributed by atoms with E-state index in [1.54, 1.807) is 17.0 Å². The van der Waals surface area contributed by atoms with Crippen molar-refractivity contribution in [3.8, 4) is 0 Å². The van der Waals surface area contributed by atoms with Crippen LogP contribution >= 0.6 is 11.8 Å². The van der Waals surface area contributed by atoms with E-state index in [0.717, 1.165) is 5.56 Å². The van der Waals surface area contributed by atoms with Crippen molar-refractivity contribution in [2.45, 2.75) is 12.1 Å². The number of anilines is 2. The standard InChI is InChI=1S/C12H15N5OS/c1-8-3-4-10(9(13)5-8)15-11(18)6-19-12-16-14-7-17(12)2/h3-5,7H,6,13H2,1-2H3,(H,15,18). The van der Waals surface area contributed by atoms with E-state index in [2.05, 4.69) is 15.5 Å². The van der Waals surface area contributed by atoms with E-state index in [-0.39, 0.29) is 11.7 Å². The quantitative estimate of drug-likeness (QED) is 0.652. The Bertz CT molecular complexity index is 596. The molecule has 0 unspecified atom stereocenters. The van der Waals surface area contributed by atoms with Gasteiger partial charge in [0.05, 0.1) is 17.1 Å². The van der Waals surface area contributed by atoms with Crippen molar-refractivity contribution < 1.29 is 4.79 Å². The van der Waals surface area contributed by atoms with Crippen LogP contribution in [0.4, 0.5) is 11.4 Å². The smallest absolute Gasteiger partial charge is 0.234 e. The second kappa shape index (κ2) is 5.75. The van der Waals surface area contributed by atoms with Crippen LogP contribution in [0.1, 0.15) is 5.56 Å². The highest BCUT2D eigenvalue weighted by Gasteiger charge is 2.08. The first kappa shape index (κ1) is 13.4. The normalized spacial score (nSPS) is 10.4. The van der Waals surface area contributed by atoms with Crippen LogP contribution in [-0.4, -0.2) is 26.4 Å². The first-order chi connectivity index (χ1) is 9.06. The van der Waals surface area contributed by atoms with E-state index in [0.29, 0.717) is 16.5 Å². The minimum Gasteiger partial charge on any atom is -0.397 e. The SMILES string of the molecule is Cc1ccc(NC(=O)CSc2nncn2C)c(N)c1. The molecule has 0 radical (unpaired) electrons. The van der Waals surface area contributed by atoms with Crippen LogP contribution in [0.2, 0.25) is 0 Å². The summed E-state index contributed by atoms with van der Waals surface area (Å²) in [5, 5.41) is 11.1. The summed E-state index contributed by atoms with van der Waals surface area (Å²) in [5.74, 6) is 0.142. The van der Waals surface area contributed by atoms with Crippen molar-refractivity contribution in [1.29, 1.82) is 0 Å². The summed E-state index contributed by atoms with van der Waals surface area (Å²) in [4.78, 5) is 11.8. The lowest BCUT2D eigenvalue weighted by Crippen LogP contribution is -2.15. The Morgan fingerprint density at radius 1 is 1.53 bits per heavy atom. The van der Waals surface area contributed by atoms with Gasteiger partial charge in [0.1, 0.15) is 6.33 Å². The number of hydrogen-bond acceptors (Lipinski definition) is 5. The van der Waals surface area contributed by atoms with Crippen molar-refractivity contribution >= 4 is 29.0 Å². The number of carbonyl (C=O) groups excluding carboxylic acids is 1. The topological polar surface area (TPSA) is 85.8 Å². The largest absolute Gasteiger partial charge is 0.397 e. The number of rotatable bonds is 4. The molecule has 0 fully saturated rings. The molecule has 1 amide bonds. The van der Waals surface area contributed by atoms with Crippen molar-refractivity contribution in [2.24, 2.45) is 7.05 Å². The number of nitrogens with zero attached hydrogens (tertiary/aromatic N) is 3. The Morgan fingerprint density at radius 2 is 2.32 bits per heavy atom. The first-order valence-electron chi connectivity index (χ1n) is 5.69. The van der Waals surface area contributed by atoms with Gasteiger partial charge in [-0.25, -0.2) is 0 Å². The average Bonchev–Trinajstić information content (AvgIpc) is 2.76. The second-order valence-electron chi connectivity index (χ2n) is 4.15. The molecule has 1 aromatic heterocycles. The van der Waals surface area contributed by atoms with Crippen LogP contribution < -0.4 is 11.1 Å². The van der Waals surface area contributed by atoms with Gasteiger partial charge >= 0.3 is 0 Å². The van der Waals surface area contributed by atoms with Crippen molar-refractivity contribution in [1.82, 2.24) is 14.8 Å². The molecule has 7 heteroatoms. The number of nitrogen functional groups attached to an aromatic ring is 1. The zero-order valence-electron chi connectivity index (χ0n) is 10.8. The molecule has 0 aliphatic heterocycles. The van der Waals surface area contributed by atoms with Crippen LogP contribution in [0.25, 0.3) is 0 Å². The third-order valence-corrected chi connectivity index (χ3v) is 3.52. The van der Waals surface area contributed by atoms with Gasteiger partial charge in [-0.2, -0.15) is 0 Å². The number of nitrogens with one attached hydrogen (secondary N) is 1. The maximum Gasteiger partial charge on any atom is 0.234 e. The lowest BCUT2D eigenvalue weighted by Gasteiger charge is -2.08. The van der Waals surface area contributed by atoms with Crippen molar-refractivity contribution in [3.63, 3.8) is 0 Å². The first-order valence-corrected chi connectivity index (χ1v) is 6.67. The van der Waals surface area contributed by atoms with Gasteiger partial charge in [0.2, 0.25) is 5.91 Å². The van der Waals surface area contributed by atoms with Gasteiger partial charge in [0.25, 0.3) is 0 Å². The molecule has 0 aliphatic carbocycles. The summed E-state index contributed by atoms with van der Waals surface area (Å²) in [6.45, 7) is 1.95. The van der Waals surface area contributed by atoms with Gasteiger partial charge in [-0.15, -0.1) is 10.2 Å². The van der Waals surface area contributed by atoms with Crippen LogP contribution in [0.15, 0.2) is 29.7 Å². The van der Waals surface area contributed by atoms with Crippen LogP contribution in [0, 0.1) is 6.92 Å². The molecule has 0 bridgehead atoms. The molecule has 0 saturated heterocycles.